The maximum atomic E-state index is 13.1. The molecule has 75 heavy (non-hydrogen) atoms. The number of rotatable bonds is 16. The second-order valence-corrected chi connectivity index (χ2v) is 24.4. The molecule has 4 heterocycles. The molecule has 8 aliphatic rings. The normalized spacial score (nSPS) is 49.1. The quantitative estimate of drug-likeness (QED) is 0.0298. The Labute approximate surface area is 459 Å². The summed E-state index contributed by atoms with van der Waals surface area (Å²) < 4.78 is 88.9. The van der Waals surface area contributed by atoms with Crippen LogP contribution in [0.25, 0.3) is 0 Å². The number of fused-ring (bicyclic) bond motifs is 5. The molecule has 0 amide bonds. The number of hydrogen-bond acceptors (Lipinski definition) is 24. The minimum Gasteiger partial charge on any atom is -0.726 e. The van der Waals surface area contributed by atoms with Crippen molar-refractivity contribution < 1.29 is 146 Å². The third kappa shape index (κ3) is 12.6. The van der Waals surface area contributed by atoms with E-state index in [0.29, 0.717) is 38.5 Å². The molecule has 426 valence electrons. The molecule has 4 aliphatic heterocycles. The first-order valence-corrected chi connectivity index (χ1v) is 27.4. The summed E-state index contributed by atoms with van der Waals surface area (Å²) in [6.07, 6.45) is -26.7. The predicted molar refractivity (Wildman–Crippen MR) is 248 cm³/mol. The number of hydrogen-bond donors (Lipinski definition) is 11. The molecule has 0 aromatic rings. The van der Waals surface area contributed by atoms with Gasteiger partial charge in [0.1, 0.15) is 85.1 Å². The van der Waals surface area contributed by atoms with Gasteiger partial charge in [0.15, 0.2) is 25.2 Å². The minimum atomic E-state index is -5.12. The minimum absolute atomic E-state index is 0. The van der Waals surface area contributed by atoms with E-state index in [1.807, 2.05) is 13.8 Å². The fourth-order valence-corrected chi connectivity index (χ4v) is 14.6. The number of Topliss-reactive ketones (excluding diaryl/α,β-unsaturated/α-hetero) is 1. The van der Waals surface area contributed by atoms with Gasteiger partial charge in [-0.1, -0.05) is 39.3 Å². The van der Waals surface area contributed by atoms with Crippen molar-refractivity contribution in [1.82, 2.24) is 0 Å². The van der Waals surface area contributed by atoms with Crippen LogP contribution in [-0.4, -0.2) is 223 Å². The van der Waals surface area contributed by atoms with E-state index in [-0.39, 0.29) is 78.3 Å². The predicted octanol–water partition coefficient (Wildman–Crippen LogP) is -5.26. The summed E-state index contributed by atoms with van der Waals surface area (Å²) in [6, 6.07) is 0. The van der Waals surface area contributed by atoms with Gasteiger partial charge < -0.3 is 98.6 Å². The second kappa shape index (κ2) is 24.2. The van der Waals surface area contributed by atoms with E-state index < -0.39 is 175 Å². The molecule has 4 saturated heterocycles. The van der Waals surface area contributed by atoms with Crippen LogP contribution in [0.5, 0.6) is 0 Å². The summed E-state index contributed by atoms with van der Waals surface area (Å²) in [6.45, 7) is 9.39. The van der Waals surface area contributed by atoms with Crippen molar-refractivity contribution >= 4 is 16.2 Å². The van der Waals surface area contributed by atoms with Crippen molar-refractivity contribution in [3.05, 3.63) is 11.6 Å². The topological polar surface area (TPSA) is 380 Å². The summed E-state index contributed by atoms with van der Waals surface area (Å²) >= 11 is 0. The van der Waals surface area contributed by atoms with Gasteiger partial charge in [-0.15, -0.1) is 0 Å². The molecule has 0 radical (unpaired) electrons. The van der Waals surface area contributed by atoms with Crippen LogP contribution in [0.3, 0.4) is 0 Å². The zero-order valence-electron chi connectivity index (χ0n) is 43.6. The molecule has 26 heteroatoms. The number of carbonyl (C=O) groups is 1. The van der Waals surface area contributed by atoms with Crippen LogP contribution in [0.15, 0.2) is 11.6 Å². The molecule has 0 bridgehead atoms. The number of allylic oxidation sites excluding steroid dienone is 2. The van der Waals surface area contributed by atoms with Gasteiger partial charge in [-0.2, -0.15) is 0 Å². The van der Waals surface area contributed by atoms with Crippen molar-refractivity contribution in [2.45, 2.75) is 228 Å². The molecule has 27 atom stereocenters. The summed E-state index contributed by atoms with van der Waals surface area (Å²) in [4.78, 5) is 13.1. The number of aliphatic hydroxyl groups is 11. The summed E-state index contributed by atoms with van der Waals surface area (Å²) in [5.74, 6) is -0.848. The van der Waals surface area contributed by atoms with E-state index >= 15 is 0 Å². The van der Waals surface area contributed by atoms with Gasteiger partial charge >= 0.3 is 29.6 Å². The van der Waals surface area contributed by atoms with Gasteiger partial charge in [-0.05, 0) is 99.2 Å². The van der Waals surface area contributed by atoms with Crippen LogP contribution >= 0.6 is 0 Å². The van der Waals surface area contributed by atoms with Gasteiger partial charge in [0.2, 0.25) is 10.4 Å². The maximum Gasteiger partial charge on any atom is 1.00 e. The molecule has 24 nitrogen and oxygen atoms in total. The molecule has 0 unspecified atom stereocenters. The molecule has 11 N–H and O–H groups in total. The van der Waals surface area contributed by atoms with E-state index in [9.17, 15) is 73.9 Å². The van der Waals surface area contributed by atoms with Gasteiger partial charge in [0.05, 0.1) is 43.7 Å². The van der Waals surface area contributed by atoms with E-state index in [1.165, 1.54) is 6.92 Å². The molecule has 3 saturated carbocycles. The van der Waals surface area contributed by atoms with Crippen molar-refractivity contribution in [3.8, 4) is 0 Å². The standard InChI is InChI=1S/C49H80O24S.Na/c1-20(2)13-22(51)16-49(6,61)32-8-7-25-24-15-29(27-14-23(73-74(62,63)64)9-11-47(27,4)26(24)10-12-48(25,32)5)68-45-40(60)41(35(55)30(17-50)69-45)71-46-42(72-44-39(59)37(57)33(53)21(3)67-44)36(56)31(19-66-46)70-43-38(58)34(54)28(52)18-65-43;/h10,20-21,23-25,27-46,50,52-61H,7-9,11-19H2,1-6H3,(H,62,63,64);/q;+1/p-1/t21-,23+,24+,25+,27-,28-,29+,30-,31-,32+,33-,34+,35-,36+,37+,38-,39-,40-,41+,42-,43+,44+,45-,46+,47-,48+,49+;/m1./s1. The van der Waals surface area contributed by atoms with Crippen molar-refractivity contribution in [2.75, 3.05) is 19.8 Å². The summed E-state index contributed by atoms with van der Waals surface area (Å²) in [7, 11) is -5.12. The van der Waals surface area contributed by atoms with Gasteiger partial charge in [0.25, 0.3) is 0 Å². The zero-order chi connectivity index (χ0) is 54.1. The molecular weight excluding hydrogens is 1030 g/mol. The van der Waals surface area contributed by atoms with Crippen LogP contribution in [0, 0.1) is 40.4 Å². The Hall–Kier alpha value is -0.480. The molecule has 7 fully saturated rings. The third-order valence-corrected chi connectivity index (χ3v) is 18.4. The number of carbonyl (C=O) groups excluding carboxylic acids is 1. The molecular formula is C49H79NaO24S. The first-order chi connectivity index (χ1) is 34.6. The van der Waals surface area contributed by atoms with E-state index in [1.54, 1.807) is 6.92 Å². The SMILES string of the molecule is CC(C)CC(=O)C[C@](C)(O)[C@H]1CC[C@H]2[C@@H]3C[C@H](O[C@@H]4O[C@H](CO)[C@@H](O)[C@H](O[C@@H]5OC[C@@H](O[C@@H]6OC[C@@H](O)[C@H](O)[C@H]6O)[C@H](O)[C@H]5O[C@@H]5O[C@H](C)[C@@H](O)[C@H](O)[C@H]5O)[C@H]4O)[C@H]4C[C@@H](OS(=O)(=O)[O-])CC[C@]4(C)C3=CC[C@@]21C.[Na+]. The van der Waals surface area contributed by atoms with Gasteiger partial charge in [-0.25, -0.2) is 8.42 Å². The van der Waals surface area contributed by atoms with E-state index in [4.69, 9.17) is 42.1 Å². The van der Waals surface area contributed by atoms with Crippen LogP contribution in [-0.2, 0) is 57.3 Å². The average Bonchev–Trinajstić information content (AvgIpc) is 3.69. The maximum absolute atomic E-state index is 13.1. The van der Waals surface area contributed by atoms with Crippen molar-refractivity contribution in [2.24, 2.45) is 40.4 Å². The average molecular weight is 1110 g/mol. The van der Waals surface area contributed by atoms with E-state index in [0.717, 1.165) is 5.57 Å². The summed E-state index contributed by atoms with van der Waals surface area (Å²) in [5, 5.41) is 121. The number of aliphatic hydroxyl groups excluding tert-OH is 10. The Balaban J connectivity index is 0.00000820. The Morgan fingerprint density at radius 2 is 1.41 bits per heavy atom. The first-order valence-electron chi connectivity index (χ1n) is 26.1. The molecule has 4 aliphatic carbocycles. The molecule has 0 aromatic carbocycles. The van der Waals surface area contributed by atoms with Gasteiger partial charge in [-0.3, -0.25) is 8.98 Å². The van der Waals surface area contributed by atoms with E-state index in [2.05, 4.69) is 19.9 Å². The van der Waals surface area contributed by atoms with Crippen LogP contribution in [0.1, 0.15) is 99.3 Å². The Morgan fingerprint density at radius 3 is 2.08 bits per heavy atom. The molecule has 0 aromatic heterocycles. The van der Waals surface area contributed by atoms with Crippen LogP contribution < -0.4 is 29.6 Å². The summed E-state index contributed by atoms with van der Waals surface area (Å²) in [5.41, 5.74) is -1.29. The largest absolute Gasteiger partial charge is 1.00 e. The third-order valence-electron chi connectivity index (χ3n) is 17.9. The second-order valence-electron chi connectivity index (χ2n) is 23.4. The molecule has 0 spiro atoms. The monoisotopic (exact) mass is 1110 g/mol. The Bertz CT molecular complexity index is 2090. The fraction of sp³-hybridized carbons (Fsp3) is 0.939. The number of ether oxygens (including phenoxy) is 8. The van der Waals surface area contributed by atoms with Crippen molar-refractivity contribution in [3.63, 3.8) is 0 Å². The molecule has 8 rings (SSSR count). The van der Waals surface area contributed by atoms with Crippen molar-refractivity contribution in [1.29, 1.82) is 0 Å². The van der Waals surface area contributed by atoms with Crippen LogP contribution in [0.4, 0.5) is 0 Å². The first kappa shape index (κ1) is 62.1. The fourth-order valence-electron chi connectivity index (χ4n) is 14.1. The van der Waals surface area contributed by atoms with Gasteiger partial charge in [0, 0.05) is 12.8 Å². The Morgan fingerprint density at radius 1 is 0.773 bits per heavy atom. The number of ketones is 1. The smallest absolute Gasteiger partial charge is 0.726 e. The Kier molecular flexibility index (Phi) is 20.0. The zero-order valence-corrected chi connectivity index (χ0v) is 46.4. The van der Waals surface area contributed by atoms with Crippen LogP contribution in [0.2, 0.25) is 0 Å².